The lowest BCUT2D eigenvalue weighted by molar-refractivity contribution is -0.117. The van der Waals surface area contributed by atoms with Crippen LogP contribution in [0.3, 0.4) is 0 Å². The molecule has 0 aliphatic carbocycles. The molecule has 2 rings (SSSR count). The second-order valence-corrected chi connectivity index (χ2v) is 5.97. The second-order valence-electron chi connectivity index (χ2n) is 4.74. The number of nitrogen functional groups attached to an aromatic ring is 1. The van der Waals surface area contributed by atoms with Gasteiger partial charge < -0.3 is 11.1 Å². The van der Waals surface area contributed by atoms with Crippen LogP contribution in [-0.4, -0.2) is 22.4 Å². The van der Waals surface area contributed by atoms with Crippen LogP contribution in [0.25, 0.3) is 0 Å². The standard InChI is InChI=1S/C13H19N3OS/c1-9-6-11(14)8-15-13(9)16-12(17)7-10-2-4-18-5-3-10/h6,8,10H,2-5,7,14H2,1H3,(H,15,16,17). The van der Waals surface area contributed by atoms with Crippen molar-refractivity contribution in [3.05, 3.63) is 17.8 Å². The second kappa shape index (κ2) is 6.09. The fraction of sp³-hybridized carbons (Fsp3) is 0.538. The van der Waals surface area contributed by atoms with Crippen LogP contribution in [0.5, 0.6) is 0 Å². The minimum atomic E-state index is 0.0623. The van der Waals surface area contributed by atoms with Crippen LogP contribution < -0.4 is 11.1 Å². The molecule has 0 bridgehead atoms. The van der Waals surface area contributed by atoms with Crippen molar-refractivity contribution in [2.75, 3.05) is 22.6 Å². The Balaban J connectivity index is 1.90. The van der Waals surface area contributed by atoms with Gasteiger partial charge in [-0.25, -0.2) is 4.98 Å². The molecule has 0 radical (unpaired) electrons. The smallest absolute Gasteiger partial charge is 0.225 e. The molecule has 0 atom stereocenters. The zero-order chi connectivity index (χ0) is 13.0. The van der Waals surface area contributed by atoms with Gasteiger partial charge in [0.2, 0.25) is 5.91 Å². The van der Waals surface area contributed by atoms with Crippen LogP contribution >= 0.6 is 11.8 Å². The van der Waals surface area contributed by atoms with E-state index in [2.05, 4.69) is 10.3 Å². The number of aryl methyl sites for hydroxylation is 1. The maximum atomic E-state index is 11.9. The third-order valence-corrected chi connectivity index (χ3v) is 4.22. The third kappa shape index (κ3) is 3.63. The van der Waals surface area contributed by atoms with Gasteiger partial charge in [0.25, 0.3) is 0 Å². The summed E-state index contributed by atoms with van der Waals surface area (Å²) in [4.78, 5) is 16.1. The van der Waals surface area contributed by atoms with Crippen molar-refractivity contribution < 1.29 is 4.79 Å². The number of anilines is 2. The molecule has 0 saturated carbocycles. The molecule has 4 nitrogen and oxygen atoms in total. The van der Waals surface area contributed by atoms with Crippen molar-refractivity contribution in [2.45, 2.75) is 26.2 Å². The number of aromatic nitrogens is 1. The Morgan fingerprint density at radius 3 is 2.94 bits per heavy atom. The summed E-state index contributed by atoms with van der Waals surface area (Å²) in [6.45, 7) is 1.90. The van der Waals surface area contributed by atoms with E-state index in [1.165, 1.54) is 11.5 Å². The predicted octanol–water partition coefficient (Wildman–Crippen LogP) is 2.44. The first-order chi connectivity index (χ1) is 8.65. The molecule has 1 aliphatic rings. The predicted molar refractivity (Wildman–Crippen MR) is 76.7 cm³/mol. The average Bonchev–Trinajstić information content (AvgIpc) is 2.34. The monoisotopic (exact) mass is 265 g/mol. The normalized spacial score (nSPS) is 16.5. The Hall–Kier alpha value is -1.23. The molecule has 1 fully saturated rings. The molecule has 0 unspecified atom stereocenters. The van der Waals surface area contributed by atoms with Crippen molar-refractivity contribution >= 4 is 29.2 Å². The molecular weight excluding hydrogens is 246 g/mol. The van der Waals surface area contributed by atoms with Crippen LogP contribution in [0.2, 0.25) is 0 Å². The maximum absolute atomic E-state index is 11.9. The molecule has 1 amide bonds. The Labute approximate surface area is 112 Å². The Morgan fingerprint density at radius 1 is 1.56 bits per heavy atom. The van der Waals surface area contributed by atoms with Gasteiger partial charge in [-0.15, -0.1) is 0 Å². The number of thioether (sulfide) groups is 1. The Bertz CT molecular complexity index is 430. The van der Waals surface area contributed by atoms with Crippen LogP contribution in [0.15, 0.2) is 12.3 Å². The number of nitrogens with one attached hydrogen (secondary N) is 1. The summed E-state index contributed by atoms with van der Waals surface area (Å²) in [5, 5.41) is 2.87. The van der Waals surface area contributed by atoms with Gasteiger partial charge in [0.15, 0.2) is 0 Å². The first kappa shape index (κ1) is 13.2. The molecule has 18 heavy (non-hydrogen) atoms. The molecule has 1 aliphatic heterocycles. The lowest BCUT2D eigenvalue weighted by Gasteiger charge is -2.20. The van der Waals surface area contributed by atoms with E-state index in [0.717, 1.165) is 18.4 Å². The Kier molecular flexibility index (Phi) is 4.47. The van der Waals surface area contributed by atoms with Crippen LogP contribution in [-0.2, 0) is 4.79 Å². The minimum absolute atomic E-state index is 0.0623. The zero-order valence-electron chi connectivity index (χ0n) is 10.6. The summed E-state index contributed by atoms with van der Waals surface area (Å²) in [5.41, 5.74) is 7.16. The van der Waals surface area contributed by atoms with E-state index in [9.17, 15) is 4.79 Å². The number of rotatable bonds is 3. The molecule has 1 aromatic heterocycles. The number of carbonyl (C=O) groups excluding carboxylic acids is 1. The topological polar surface area (TPSA) is 68.0 Å². The first-order valence-corrected chi connectivity index (χ1v) is 7.40. The van der Waals surface area contributed by atoms with Crippen molar-refractivity contribution in [1.29, 1.82) is 0 Å². The van der Waals surface area contributed by atoms with E-state index < -0.39 is 0 Å². The van der Waals surface area contributed by atoms with Gasteiger partial charge in [-0.1, -0.05) is 0 Å². The van der Waals surface area contributed by atoms with E-state index in [1.54, 1.807) is 6.20 Å². The van der Waals surface area contributed by atoms with E-state index in [1.807, 2.05) is 24.8 Å². The number of amides is 1. The van der Waals surface area contributed by atoms with Gasteiger partial charge in [0.05, 0.1) is 11.9 Å². The third-order valence-electron chi connectivity index (χ3n) is 3.17. The number of hydrogen-bond acceptors (Lipinski definition) is 4. The highest BCUT2D eigenvalue weighted by Crippen LogP contribution is 2.25. The van der Waals surface area contributed by atoms with Gasteiger partial charge in [-0.05, 0) is 48.8 Å². The summed E-state index contributed by atoms with van der Waals surface area (Å²) in [7, 11) is 0. The molecular formula is C13H19N3OS. The molecule has 0 spiro atoms. The number of pyridine rings is 1. The molecule has 1 aromatic rings. The molecule has 98 valence electrons. The van der Waals surface area contributed by atoms with Crippen molar-refractivity contribution in [1.82, 2.24) is 4.98 Å². The summed E-state index contributed by atoms with van der Waals surface area (Å²) < 4.78 is 0. The number of nitrogens with zero attached hydrogens (tertiary/aromatic N) is 1. The van der Waals surface area contributed by atoms with Crippen molar-refractivity contribution in [3.8, 4) is 0 Å². The van der Waals surface area contributed by atoms with E-state index in [0.29, 0.717) is 23.8 Å². The fourth-order valence-corrected chi connectivity index (χ4v) is 3.33. The van der Waals surface area contributed by atoms with E-state index in [4.69, 9.17) is 5.73 Å². The van der Waals surface area contributed by atoms with Crippen LogP contribution in [0.4, 0.5) is 11.5 Å². The Morgan fingerprint density at radius 2 is 2.28 bits per heavy atom. The summed E-state index contributed by atoms with van der Waals surface area (Å²) in [6.07, 6.45) is 4.46. The van der Waals surface area contributed by atoms with Gasteiger partial charge in [-0.2, -0.15) is 11.8 Å². The summed E-state index contributed by atoms with van der Waals surface area (Å²) >= 11 is 1.98. The largest absolute Gasteiger partial charge is 0.397 e. The molecule has 3 N–H and O–H groups in total. The molecule has 0 aromatic carbocycles. The van der Waals surface area contributed by atoms with Crippen molar-refractivity contribution in [3.63, 3.8) is 0 Å². The number of nitrogens with two attached hydrogens (primary N) is 1. The molecule has 5 heteroatoms. The van der Waals surface area contributed by atoms with Crippen molar-refractivity contribution in [2.24, 2.45) is 5.92 Å². The minimum Gasteiger partial charge on any atom is -0.397 e. The van der Waals surface area contributed by atoms with Gasteiger partial charge in [0.1, 0.15) is 5.82 Å². The molecule has 2 heterocycles. The fourth-order valence-electron chi connectivity index (χ4n) is 2.12. The van der Waals surface area contributed by atoms with Gasteiger partial charge in [-0.3, -0.25) is 4.79 Å². The number of hydrogen-bond donors (Lipinski definition) is 2. The van der Waals surface area contributed by atoms with Crippen LogP contribution in [0.1, 0.15) is 24.8 Å². The SMILES string of the molecule is Cc1cc(N)cnc1NC(=O)CC1CCSCC1. The first-order valence-electron chi connectivity index (χ1n) is 6.25. The average molecular weight is 265 g/mol. The molecule has 1 saturated heterocycles. The quantitative estimate of drug-likeness (QED) is 0.881. The zero-order valence-corrected chi connectivity index (χ0v) is 11.4. The highest BCUT2D eigenvalue weighted by Gasteiger charge is 2.17. The summed E-state index contributed by atoms with van der Waals surface area (Å²) in [6, 6.07) is 1.82. The number of carbonyl (C=O) groups is 1. The van der Waals surface area contributed by atoms with E-state index in [-0.39, 0.29) is 5.91 Å². The van der Waals surface area contributed by atoms with Crippen LogP contribution in [0, 0.1) is 12.8 Å². The summed E-state index contributed by atoms with van der Waals surface area (Å²) in [5.74, 6) is 3.57. The van der Waals surface area contributed by atoms with Gasteiger partial charge in [0, 0.05) is 6.42 Å². The lowest BCUT2D eigenvalue weighted by Crippen LogP contribution is -2.20. The van der Waals surface area contributed by atoms with E-state index >= 15 is 0 Å². The lowest BCUT2D eigenvalue weighted by atomic mass is 9.98. The van der Waals surface area contributed by atoms with Gasteiger partial charge >= 0.3 is 0 Å². The maximum Gasteiger partial charge on any atom is 0.225 e. The highest BCUT2D eigenvalue weighted by atomic mass is 32.2. The highest BCUT2D eigenvalue weighted by molar-refractivity contribution is 7.99.